The highest BCUT2D eigenvalue weighted by atomic mass is 35.5. The Morgan fingerprint density at radius 3 is 2.00 bits per heavy atom. The van der Waals surface area contributed by atoms with E-state index in [-0.39, 0.29) is 15.9 Å². The Morgan fingerprint density at radius 1 is 1.00 bits per heavy atom. The molecular weight excluding hydrogens is 282 g/mol. The fraction of sp³-hybridized carbons (Fsp3) is 0. The molecule has 0 saturated heterocycles. The van der Waals surface area contributed by atoms with Gasteiger partial charge in [-0.1, -0.05) is 53.5 Å². The molecule has 0 unspecified atom stereocenters. The first-order valence-corrected chi connectivity index (χ1v) is 5.71. The van der Waals surface area contributed by atoms with Crippen molar-refractivity contribution in [3.63, 3.8) is 0 Å². The maximum absolute atomic E-state index is 11.1. The number of carbonyl (C=O) groups is 1. The average Bonchev–Trinajstić information content (AvgIpc) is 2.28. The fourth-order valence-corrected chi connectivity index (χ4v) is 2.12. The highest BCUT2D eigenvalue weighted by Gasteiger charge is 2.17. The molecule has 0 aliphatic rings. The van der Waals surface area contributed by atoms with Crippen LogP contribution in [0.5, 0.6) is 0 Å². The van der Waals surface area contributed by atoms with Gasteiger partial charge in [-0.15, -0.1) is 0 Å². The predicted molar refractivity (Wildman–Crippen MR) is 67.7 cm³/mol. The zero-order valence-electron chi connectivity index (χ0n) is 8.32. The van der Waals surface area contributed by atoms with Gasteiger partial charge in [-0.05, 0) is 11.6 Å². The van der Waals surface area contributed by atoms with Crippen molar-refractivity contribution in [3.05, 3.63) is 46.2 Å². The van der Waals surface area contributed by atoms with Crippen molar-refractivity contribution in [2.24, 2.45) is 0 Å². The predicted octanol–water partition coefficient (Wildman–Crippen LogP) is 3.83. The largest absolute Gasteiger partial charge is 0.275 e. The molecule has 1 heterocycles. The summed E-state index contributed by atoms with van der Waals surface area (Å²) in [6.07, 6.45) is 0. The molecule has 6 heteroatoms. The molecule has 0 bridgehead atoms. The summed E-state index contributed by atoms with van der Waals surface area (Å²) < 4.78 is 0. The molecule has 0 fully saturated rings. The topological polar surface area (TPSA) is 42.9 Å². The first kappa shape index (κ1) is 12.3. The number of halogens is 3. The van der Waals surface area contributed by atoms with Crippen molar-refractivity contribution in [2.75, 3.05) is 0 Å². The van der Waals surface area contributed by atoms with Gasteiger partial charge in [0.2, 0.25) is 0 Å². The molecule has 1 aromatic carbocycles. The number of nitrogens with zero attached hydrogens (tertiary/aromatic N) is 2. The summed E-state index contributed by atoms with van der Waals surface area (Å²) in [6.45, 7) is 0. The van der Waals surface area contributed by atoms with Crippen LogP contribution in [0.2, 0.25) is 10.3 Å². The van der Waals surface area contributed by atoms with Crippen LogP contribution in [0.25, 0.3) is 11.4 Å². The highest BCUT2D eigenvalue weighted by molar-refractivity contribution is 6.69. The van der Waals surface area contributed by atoms with Crippen LogP contribution in [0.3, 0.4) is 0 Å². The molecule has 0 saturated carbocycles. The lowest BCUT2D eigenvalue weighted by atomic mass is 10.2. The molecule has 0 aliphatic heterocycles. The van der Waals surface area contributed by atoms with Crippen LogP contribution >= 0.6 is 34.8 Å². The molecule has 2 aromatic rings. The van der Waals surface area contributed by atoms with E-state index in [1.165, 1.54) is 0 Å². The molecule has 0 amide bonds. The Hall–Kier alpha value is -1.16. The minimum absolute atomic E-state index is 0.0520. The quantitative estimate of drug-likeness (QED) is 0.623. The smallest absolute Gasteiger partial charge is 0.258 e. The lowest BCUT2D eigenvalue weighted by Crippen LogP contribution is -2.00. The van der Waals surface area contributed by atoms with Crippen molar-refractivity contribution < 1.29 is 4.79 Å². The van der Waals surface area contributed by atoms with Crippen LogP contribution in [0.1, 0.15) is 10.4 Å². The van der Waals surface area contributed by atoms with Gasteiger partial charge in [-0.25, -0.2) is 9.97 Å². The van der Waals surface area contributed by atoms with E-state index in [1.807, 2.05) is 30.3 Å². The van der Waals surface area contributed by atoms with Crippen LogP contribution in [0.15, 0.2) is 30.3 Å². The molecule has 0 N–H and O–H groups in total. The van der Waals surface area contributed by atoms with Gasteiger partial charge in [0.15, 0.2) is 5.82 Å². The first-order valence-electron chi connectivity index (χ1n) is 4.58. The number of benzene rings is 1. The highest BCUT2D eigenvalue weighted by Crippen LogP contribution is 2.26. The lowest BCUT2D eigenvalue weighted by molar-refractivity contribution is 0.108. The Balaban J connectivity index is 2.57. The summed E-state index contributed by atoms with van der Waals surface area (Å²) in [4.78, 5) is 19.0. The van der Waals surface area contributed by atoms with E-state index in [2.05, 4.69) is 9.97 Å². The number of carbonyl (C=O) groups excluding carboxylic acids is 1. The minimum Gasteiger partial charge on any atom is -0.275 e. The molecule has 0 spiro atoms. The van der Waals surface area contributed by atoms with Crippen molar-refractivity contribution in [1.29, 1.82) is 0 Å². The second-order valence-electron chi connectivity index (χ2n) is 3.14. The Bertz CT molecular complexity index is 549. The summed E-state index contributed by atoms with van der Waals surface area (Å²) in [5.41, 5.74) is 0.680. The van der Waals surface area contributed by atoms with E-state index in [0.29, 0.717) is 5.82 Å². The van der Waals surface area contributed by atoms with Gasteiger partial charge in [0.05, 0.1) is 0 Å². The third-order valence-corrected chi connectivity index (χ3v) is 2.79. The lowest BCUT2D eigenvalue weighted by Gasteiger charge is -2.04. The van der Waals surface area contributed by atoms with Gasteiger partial charge < -0.3 is 0 Å². The number of aromatic nitrogens is 2. The Morgan fingerprint density at radius 2 is 1.53 bits per heavy atom. The number of hydrogen-bond donors (Lipinski definition) is 0. The van der Waals surface area contributed by atoms with Crippen LogP contribution < -0.4 is 0 Å². The van der Waals surface area contributed by atoms with Gasteiger partial charge in [0, 0.05) is 5.56 Å². The first-order chi connectivity index (χ1) is 8.09. The molecule has 1 aromatic heterocycles. The van der Waals surface area contributed by atoms with Crippen LogP contribution in [-0.4, -0.2) is 15.2 Å². The number of rotatable bonds is 2. The third kappa shape index (κ3) is 2.57. The van der Waals surface area contributed by atoms with E-state index in [0.717, 1.165) is 5.56 Å². The number of hydrogen-bond acceptors (Lipinski definition) is 3. The second-order valence-corrected chi connectivity index (χ2v) is 4.20. The van der Waals surface area contributed by atoms with E-state index >= 15 is 0 Å². The maximum atomic E-state index is 11.1. The molecule has 0 radical (unpaired) electrons. The van der Waals surface area contributed by atoms with Crippen molar-refractivity contribution >= 4 is 40.0 Å². The summed E-state index contributed by atoms with van der Waals surface area (Å²) in [6, 6.07) is 9.15. The summed E-state index contributed by atoms with van der Waals surface area (Å²) in [5, 5.41) is -0.882. The van der Waals surface area contributed by atoms with E-state index in [1.54, 1.807) is 0 Å². The van der Waals surface area contributed by atoms with Crippen molar-refractivity contribution in [1.82, 2.24) is 9.97 Å². The molecule has 0 aliphatic carbocycles. The third-order valence-electron chi connectivity index (χ3n) is 2.05. The second kappa shape index (κ2) is 5.00. The average molecular weight is 288 g/mol. The maximum Gasteiger partial charge on any atom is 0.258 e. The van der Waals surface area contributed by atoms with Gasteiger partial charge >= 0.3 is 0 Å². The van der Waals surface area contributed by atoms with Gasteiger partial charge in [-0.3, -0.25) is 4.79 Å². The summed E-state index contributed by atoms with van der Waals surface area (Å²) in [5.74, 6) is 0.349. The summed E-state index contributed by atoms with van der Waals surface area (Å²) in [7, 11) is 0. The summed E-state index contributed by atoms with van der Waals surface area (Å²) >= 11 is 17.0. The van der Waals surface area contributed by atoms with Crippen LogP contribution in [0, 0.1) is 0 Å². The van der Waals surface area contributed by atoms with Crippen molar-refractivity contribution in [3.8, 4) is 11.4 Å². The Labute approximate surface area is 112 Å². The SMILES string of the molecule is O=C(Cl)c1c(Cl)nc(-c2ccccc2)nc1Cl. The van der Waals surface area contributed by atoms with Gasteiger partial charge in [0.25, 0.3) is 5.24 Å². The van der Waals surface area contributed by atoms with Crippen LogP contribution in [-0.2, 0) is 0 Å². The van der Waals surface area contributed by atoms with Crippen LogP contribution in [0.4, 0.5) is 0 Å². The van der Waals surface area contributed by atoms with Gasteiger partial charge in [0.1, 0.15) is 15.9 Å². The molecule has 3 nitrogen and oxygen atoms in total. The van der Waals surface area contributed by atoms with E-state index in [4.69, 9.17) is 34.8 Å². The van der Waals surface area contributed by atoms with Gasteiger partial charge in [-0.2, -0.15) is 0 Å². The van der Waals surface area contributed by atoms with E-state index < -0.39 is 5.24 Å². The molecule has 86 valence electrons. The Kier molecular flexibility index (Phi) is 3.62. The molecular formula is C11H5Cl3N2O. The van der Waals surface area contributed by atoms with E-state index in [9.17, 15) is 4.79 Å². The fourth-order valence-electron chi connectivity index (χ4n) is 1.29. The van der Waals surface area contributed by atoms with Crippen molar-refractivity contribution in [2.45, 2.75) is 0 Å². The monoisotopic (exact) mass is 286 g/mol. The zero-order chi connectivity index (χ0) is 12.4. The molecule has 17 heavy (non-hydrogen) atoms. The molecule has 2 rings (SSSR count). The normalized spacial score (nSPS) is 10.3. The standard InChI is InChI=1S/C11H5Cl3N2O/c12-8-7(10(14)17)9(13)16-11(15-8)6-4-2-1-3-5-6/h1-5H. The molecule has 0 atom stereocenters. The zero-order valence-corrected chi connectivity index (χ0v) is 10.6. The minimum atomic E-state index is -0.778.